The molecule has 0 aliphatic heterocycles. The number of para-hydroxylation sites is 1. The molecule has 4 aromatic rings. The third-order valence-electron chi connectivity index (χ3n) is 4.38. The monoisotopic (exact) mass is 392 g/mol. The molecule has 2 heterocycles. The van der Waals surface area contributed by atoms with Crippen LogP contribution in [0.15, 0.2) is 69.0 Å². The molecule has 0 fully saturated rings. The highest BCUT2D eigenvalue weighted by Gasteiger charge is 2.21. The molecule has 2 aromatic heterocycles. The Hall–Kier alpha value is -2.93. The molecule has 6 nitrogen and oxygen atoms in total. The Morgan fingerprint density at radius 2 is 1.68 bits per heavy atom. The van der Waals surface area contributed by atoms with E-state index >= 15 is 0 Å². The van der Waals surface area contributed by atoms with Crippen LogP contribution in [0.3, 0.4) is 0 Å². The van der Waals surface area contributed by atoms with Gasteiger partial charge in [-0.1, -0.05) is 42.1 Å². The van der Waals surface area contributed by atoms with E-state index in [1.54, 1.807) is 4.57 Å². The lowest BCUT2D eigenvalue weighted by atomic mass is 10.2. The molecule has 0 radical (unpaired) electrons. The second-order valence-corrected chi connectivity index (χ2v) is 8.06. The van der Waals surface area contributed by atoms with Crippen LogP contribution < -0.4 is 5.56 Å². The summed E-state index contributed by atoms with van der Waals surface area (Å²) in [6.07, 6.45) is 0. The third kappa shape index (κ3) is 3.45. The van der Waals surface area contributed by atoms with Crippen molar-refractivity contribution in [2.24, 2.45) is 0 Å². The van der Waals surface area contributed by atoms with Crippen LogP contribution in [0.5, 0.6) is 0 Å². The first-order chi connectivity index (χ1) is 13.5. The van der Waals surface area contributed by atoms with Crippen molar-refractivity contribution in [3.63, 3.8) is 0 Å². The van der Waals surface area contributed by atoms with Crippen molar-refractivity contribution in [2.45, 2.75) is 37.2 Å². The fourth-order valence-corrected chi connectivity index (χ4v) is 4.04. The van der Waals surface area contributed by atoms with Crippen LogP contribution >= 0.6 is 11.8 Å². The van der Waals surface area contributed by atoms with E-state index in [0.717, 1.165) is 5.56 Å². The topological polar surface area (TPSA) is 73.8 Å². The summed E-state index contributed by atoms with van der Waals surface area (Å²) in [5.74, 6) is 0.984. The van der Waals surface area contributed by atoms with E-state index in [1.807, 2.05) is 75.4 Å². The van der Waals surface area contributed by atoms with Crippen molar-refractivity contribution < 1.29 is 4.42 Å². The predicted octanol–water partition coefficient (Wildman–Crippen LogP) is 4.88. The molecule has 28 heavy (non-hydrogen) atoms. The second kappa shape index (κ2) is 7.59. The Morgan fingerprint density at radius 3 is 2.43 bits per heavy atom. The summed E-state index contributed by atoms with van der Waals surface area (Å²) in [6.45, 7) is 5.93. The number of benzene rings is 2. The molecule has 0 saturated heterocycles. The van der Waals surface area contributed by atoms with E-state index in [1.165, 1.54) is 11.8 Å². The lowest BCUT2D eigenvalue weighted by Crippen LogP contribution is -2.25. The first kappa shape index (κ1) is 18.4. The number of hydrogen-bond donors (Lipinski definition) is 0. The molecule has 0 aliphatic rings. The van der Waals surface area contributed by atoms with Gasteiger partial charge in [-0.25, -0.2) is 4.98 Å². The molecular weight excluding hydrogens is 372 g/mol. The number of fused-ring (bicyclic) bond motifs is 1. The summed E-state index contributed by atoms with van der Waals surface area (Å²) < 4.78 is 7.58. The summed E-state index contributed by atoms with van der Waals surface area (Å²) in [6, 6.07) is 17.0. The summed E-state index contributed by atoms with van der Waals surface area (Å²) in [4.78, 5) is 17.7. The van der Waals surface area contributed by atoms with Crippen LogP contribution in [0, 0.1) is 0 Å². The standard InChI is InChI=1S/C21H20N4O2S/c1-13(2)25-20(26)16-11-7-8-12-17(16)22-21(25)28-14(3)18-23-24-19(27-18)15-9-5-4-6-10-15/h4-14H,1-3H3/t14-/m1/s1. The second-order valence-electron chi connectivity index (χ2n) is 6.75. The number of nitrogens with zero attached hydrogens (tertiary/aromatic N) is 4. The quantitative estimate of drug-likeness (QED) is 0.356. The molecule has 0 unspecified atom stereocenters. The van der Waals surface area contributed by atoms with Crippen molar-refractivity contribution in [1.82, 2.24) is 19.7 Å². The molecule has 0 bridgehead atoms. The lowest BCUT2D eigenvalue weighted by molar-refractivity contribution is 0.502. The Morgan fingerprint density at radius 1 is 0.964 bits per heavy atom. The van der Waals surface area contributed by atoms with E-state index in [2.05, 4.69) is 10.2 Å². The Labute approximate surface area is 166 Å². The minimum Gasteiger partial charge on any atom is -0.419 e. The number of rotatable bonds is 5. The van der Waals surface area contributed by atoms with Gasteiger partial charge in [-0.15, -0.1) is 10.2 Å². The molecule has 142 valence electrons. The van der Waals surface area contributed by atoms with Gasteiger partial charge in [-0.05, 0) is 45.0 Å². The SMILES string of the molecule is CC(C)n1c(S[C@H](C)c2nnc(-c3ccccc3)o2)nc2ccccc2c1=O. The largest absolute Gasteiger partial charge is 0.419 e. The average molecular weight is 392 g/mol. The van der Waals surface area contributed by atoms with Crippen LogP contribution in [-0.4, -0.2) is 19.7 Å². The van der Waals surface area contributed by atoms with Crippen LogP contribution in [0.25, 0.3) is 22.4 Å². The Bertz CT molecular complexity index is 1170. The summed E-state index contributed by atoms with van der Waals surface area (Å²) in [5, 5.41) is 9.47. The minimum absolute atomic E-state index is 0.0122. The van der Waals surface area contributed by atoms with Gasteiger partial charge < -0.3 is 4.42 Å². The maximum absolute atomic E-state index is 13.0. The van der Waals surface area contributed by atoms with Crippen LogP contribution in [0.4, 0.5) is 0 Å². The fraction of sp³-hybridized carbons (Fsp3) is 0.238. The normalized spacial score (nSPS) is 12.6. The molecule has 4 rings (SSSR count). The molecule has 0 N–H and O–H groups in total. The molecule has 0 amide bonds. The maximum Gasteiger partial charge on any atom is 0.262 e. The van der Waals surface area contributed by atoms with Crippen LogP contribution in [0.2, 0.25) is 0 Å². The van der Waals surface area contributed by atoms with Gasteiger partial charge in [0.1, 0.15) is 0 Å². The first-order valence-corrected chi connectivity index (χ1v) is 9.99. The Kier molecular flexibility index (Phi) is 5.00. The fourth-order valence-electron chi connectivity index (χ4n) is 2.97. The zero-order valence-corrected chi connectivity index (χ0v) is 16.7. The van der Waals surface area contributed by atoms with Crippen LogP contribution in [0.1, 0.15) is 38.0 Å². The summed E-state index contributed by atoms with van der Waals surface area (Å²) in [5.41, 5.74) is 1.53. The minimum atomic E-state index is -0.150. The number of hydrogen-bond acceptors (Lipinski definition) is 6. The average Bonchev–Trinajstić information content (AvgIpc) is 3.19. The zero-order valence-electron chi connectivity index (χ0n) is 15.9. The lowest BCUT2D eigenvalue weighted by Gasteiger charge is -2.17. The highest BCUT2D eigenvalue weighted by Crippen LogP contribution is 2.35. The molecular formula is C21H20N4O2S. The van der Waals surface area contributed by atoms with Gasteiger partial charge in [0.25, 0.3) is 5.56 Å². The molecule has 1 atom stereocenters. The van der Waals surface area contributed by atoms with E-state index in [9.17, 15) is 4.79 Å². The summed E-state index contributed by atoms with van der Waals surface area (Å²) >= 11 is 1.44. The first-order valence-electron chi connectivity index (χ1n) is 9.11. The van der Waals surface area contributed by atoms with E-state index in [0.29, 0.717) is 27.8 Å². The highest BCUT2D eigenvalue weighted by molar-refractivity contribution is 7.99. The Balaban J connectivity index is 1.69. The maximum atomic E-state index is 13.0. The van der Waals surface area contributed by atoms with Gasteiger partial charge in [-0.2, -0.15) is 0 Å². The van der Waals surface area contributed by atoms with Crippen molar-refractivity contribution in [3.05, 3.63) is 70.8 Å². The number of aromatic nitrogens is 4. The smallest absolute Gasteiger partial charge is 0.262 e. The van der Waals surface area contributed by atoms with E-state index in [-0.39, 0.29) is 16.9 Å². The van der Waals surface area contributed by atoms with Gasteiger partial charge in [0.05, 0.1) is 16.2 Å². The number of thioether (sulfide) groups is 1. The van der Waals surface area contributed by atoms with Crippen molar-refractivity contribution in [3.8, 4) is 11.5 Å². The van der Waals surface area contributed by atoms with E-state index in [4.69, 9.17) is 9.40 Å². The van der Waals surface area contributed by atoms with Gasteiger partial charge >= 0.3 is 0 Å². The molecule has 2 aromatic carbocycles. The van der Waals surface area contributed by atoms with Gasteiger partial charge in [0.2, 0.25) is 11.8 Å². The molecule has 0 aliphatic carbocycles. The molecule has 0 saturated carbocycles. The molecule has 7 heteroatoms. The van der Waals surface area contributed by atoms with Crippen molar-refractivity contribution >= 4 is 22.7 Å². The van der Waals surface area contributed by atoms with Crippen LogP contribution in [-0.2, 0) is 0 Å². The van der Waals surface area contributed by atoms with Gasteiger partial charge in [0.15, 0.2) is 5.16 Å². The third-order valence-corrected chi connectivity index (χ3v) is 5.44. The zero-order chi connectivity index (χ0) is 19.7. The highest BCUT2D eigenvalue weighted by atomic mass is 32.2. The van der Waals surface area contributed by atoms with Gasteiger partial charge in [0, 0.05) is 11.6 Å². The summed E-state index contributed by atoms with van der Waals surface area (Å²) in [7, 11) is 0. The van der Waals surface area contributed by atoms with E-state index < -0.39 is 0 Å². The van der Waals surface area contributed by atoms with Crippen molar-refractivity contribution in [1.29, 1.82) is 0 Å². The van der Waals surface area contributed by atoms with Gasteiger partial charge in [-0.3, -0.25) is 9.36 Å². The molecule has 0 spiro atoms. The van der Waals surface area contributed by atoms with Crippen molar-refractivity contribution in [2.75, 3.05) is 0 Å². The predicted molar refractivity (Wildman–Crippen MR) is 110 cm³/mol.